The molecule has 0 aromatic heterocycles. The topological polar surface area (TPSA) is 58.5 Å². The number of hydrogen-bond donors (Lipinski definition) is 1. The summed E-state index contributed by atoms with van der Waals surface area (Å²) in [4.78, 5) is 4.72. The van der Waals surface area contributed by atoms with Crippen LogP contribution in [-0.2, 0) is 15.4 Å². The van der Waals surface area contributed by atoms with Gasteiger partial charge in [0.15, 0.2) is 0 Å². The van der Waals surface area contributed by atoms with E-state index < -0.39 is 10.0 Å². The third kappa shape index (κ3) is 2.34. The monoisotopic (exact) mass is 330 g/mol. The summed E-state index contributed by atoms with van der Waals surface area (Å²) < 4.78 is 40.7. The van der Waals surface area contributed by atoms with Crippen molar-refractivity contribution >= 4 is 15.9 Å². The summed E-state index contributed by atoms with van der Waals surface area (Å²) in [5.74, 6) is 0.126. The lowest BCUT2D eigenvalue weighted by Crippen LogP contribution is -2.24. The quantitative estimate of drug-likeness (QED) is 0.940. The zero-order valence-corrected chi connectivity index (χ0v) is 13.1. The fourth-order valence-corrected chi connectivity index (χ4v) is 4.29. The third-order valence-corrected chi connectivity index (χ3v) is 5.90. The van der Waals surface area contributed by atoms with Gasteiger partial charge in [0.05, 0.1) is 11.4 Å². The normalized spacial score (nSPS) is 21.7. The van der Waals surface area contributed by atoms with Crippen LogP contribution in [0.2, 0.25) is 0 Å². The average Bonchev–Trinajstić information content (AvgIpc) is 3.28. The van der Waals surface area contributed by atoms with E-state index in [-0.39, 0.29) is 16.1 Å². The molecule has 1 saturated carbocycles. The Balaban J connectivity index is 1.68. The van der Waals surface area contributed by atoms with Gasteiger partial charge in [-0.05, 0) is 36.6 Å². The summed E-state index contributed by atoms with van der Waals surface area (Å²) in [7, 11) is -3.53. The molecule has 1 fully saturated rings. The van der Waals surface area contributed by atoms with Crippen LogP contribution in [0.4, 0.5) is 4.39 Å². The number of aliphatic imine (C=N–C) groups is 1. The van der Waals surface area contributed by atoms with Gasteiger partial charge in [0.25, 0.3) is 10.0 Å². The molecule has 6 heteroatoms. The fourth-order valence-electron chi connectivity index (χ4n) is 3.04. The molecule has 2 aromatic carbocycles. The number of halogens is 1. The van der Waals surface area contributed by atoms with Gasteiger partial charge in [-0.2, -0.15) is 0 Å². The Labute approximate surface area is 134 Å². The second-order valence-electron chi connectivity index (χ2n) is 6.03. The van der Waals surface area contributed by atoms with Crippen LogP contribution >= 0.6 is 0 Å². The summed E-state index contributed by atoms with van der Waals surface area (Å²) in [6.07, 6.45) is 1.72. The number of sulfonamides is 1. The Kier molecular flexibility index (Phi) is 3.06. The molecule has 0 unspecified atom stereocenters. The lowest BCUT2D eigenvalue weighted by atomic mass is 9.95. The molecule has 2 aliphatic rings. The van der Waals surface area contributed by atoms with Crippen LogP contribution in [0.5, 0.6) is 0 Å². The van der Waals surface area contributed by atoms with Gasteiger partial charge in [-0.3, -0.25) is 9.71 Å². The van der Waals surface area contributed by atoms with Gasteiger partial charge in [0.2, 0.25) is 0 Å². The van der Waals surface area contributed by atoms with Crippen LogP contribution in [0.1, 0.15) is 24.0 Å². The van der Waals surface area contributed by atoms with Gasteiger partial charge in [0.1, 0.15) is 11.7 Å². The minimum Gasteiger partial charge on any atom is -0.266 e. The lowest BCUT2D eigenvalue weighted by Gasteiger charge is -2.14. The summed E-state index contributed by atoms with van der Waals surface area (Å²) in [6, 6.07) is 13.5. The summed E-state index contributed by atoms with van der Waals surface area (Å²) in [5, 5.41) is 0. The third-order valence-electron chi connectivity index (χ3n) is 4.50. The van der Waals surface area contributed by atoms with Crippen LogP contribution in [0.25, 0.3) is 0 Å². The zero-order chi connectivity index (χ0) is 16.1. The molecule has 1 N–H and O–H groups in total. The van der Waals surface area contributed by atoms with Crippen LogP contribution in [0.3, 0.4) is 0 Å². The molecular weight excluding hydrogens is 315 g/mol. The van der Waals surface area contributed by atoms with Gasteiger partial charge in [0, 0.05) is 11.0 Å². The largest absolute Gasteiger partial charge is 0.266 e. The average molecular weight is 330 g/mol. The minimum atomic E-state index is -3.53. The Morgan fingerprint density at radius 2 is 1.78 bits per heavy atom. The fraction of sp³-hybridized carbons (Fsp3) is 0.235. The maximum Gasteiger partial charge on any atom is 0.263 e. The van der Waals surface area contributed by atoms with Crippen molar-refractivity contribution in [1.82, 2.24) is 4.72 Å². The van der Waals surface area contributed by atoms with Crippen molar-refractivity contribution in [3.8, 4) is 0 Å². The van der Waals surface area contributed by atoms with Crippen molar-refractivity contribution in [2.45, 2.75) is 23.2 Å². The van der Waals surface area contributed by atoms with E-state index in [9.17, 15) is 12.8 Å². The van der Waals surface area contributed by atoms with E-state index in [2.05, 4.69) is 9.71 Å². The van der Waals surface area contributed by atoms with Gasteiger partial charge < -0.3 is 0 Å². The molecule has 1 aliphatic heterocycles. The molecule has 2 aromatic rings. The van der Waals surface area contributed by atoms with Crippen molar-refractivity contribution in [2.24, 2.45) is 4.99 Å². The molecule has 0 atom stereocenters. The molecular formula is C17H15FN2O2S. The summed E-state index contributed by atoms with van der Waals surface area (Å²) in [5.41, 5.74) is 0.941. The van der Waals surface area contributed by atoms with Crippen molar-refractivity contribution in [3.63, 3.8) is 0 Å². The van der Waals surface area contributed by atoms with Crippen molar-refractivity contribution in [3.05, 3.63) is 65.5 Å². The second kappa shape index (κ2) is 4.89. The number of fused-ring (bicyclic) bond motifs is 1. The van der Waals surface area contributed by atoms with E-state index in [0.29, 0.717) is 23.5 Å². The van der Waals surface area contributed by atoms with Crippen LogP contribution < -0.4 is 4.72 Å². The Morgan fingerprint density at radius 3 is 2.52 bits per heavy atom. The second-order valence-corrected chi connectivity index (χ2v) is 7.68. The first kappa shape index (κ1) is 14.4. The first-order valence-corrected chi connectivity index (χ1v) is 8.92. The number of rotatable bonds is 3. The van der Waals surface area contributed by atoms with E-state index in [0.717, 1.165) is 12.8 Å². The van der Waals surface area contributed by atoms with E-state index in [4.69, 9.17) is 0 Å². The molecule has 0 saturated heterocycles. The SMILES string of the molecule is O=S1(=O)NC(=NCC2(c3ccccc3F)CC2)c2ccccc21. The minimum absolute atomic E-state index is 0.224. The van der Waals surface area contributed by atoms with Crippen LogP contribution in [-0.4, -0.2) is 20.8 Å². The van der Waals surface area contributed by atoms with Gasteiger partial charge in [-0.1, -0.05) is 30.3 Å². The highest BCUT2D eigenvalue weighted by molar-refractivity contribution is 7.90. The lowest BCUT2D eigenvalue weighted by molar-refractivity contribution is 0.573. The Bertz CT molecular complexity index is 918. The standard InChI is InChI=1S/C17H15FN2O2S/c18-14-7-3-2-6-13(14)17(9-10-17)11-19-16-12-5-1-4-8-15(12)23(21,22)20-16/h1-8H,9-11H2,(H,19,20). The van der Waals surface area contributed by atoms with E-state index >= 15 is 0 Å². The smallest absolute Gasteiger partial charge is 0.263 e. The van der Waals surface area contributed by atoms with Crippen molar-refractivity contribution in [1.29, 1.82) is 0 Å². The number of hydrogen-bond acceptors (Lipinski definition) is 3. The molecule has 23 heavy (non-hydrogen) atoms. The first-order valence-electron chi connectivity index (χ1n) is 7.44. The van der Waals surface area contributed by atoms with Gasteiger partial charge >= 0.3 is 0 Å². The molecule has 0 bridgehead atoms. The summed E-state index contributed by atoms with van der Waals surface area (Å²) >= 11 is 0. The van der Waals surface area contributed by atoms with Crippen molar-refractivity contribution < 1.29 is 12.8 Å². The Morgan fingerprint density at radius 1 is 1.09 bits per heavy atom. The van der Waals surface area contributed by atoms with Crippen LogP contribution in [0.15, 0.2) is 58.4 Å². The van der Waals surface area contributed by atoms with Gasteiger partial charge in [-0.15, -0.1) is 0 Å². The van der Waals surface area contributed by atoms with Gasteiger partial charge in [-0.25, -0.2) is 12.8 Å². The maximum atomic E-state index is 14.0. The molecule has 4 rings (SSSR count). The maximum absolute atomic E-state index is 14.0. The molecule has 118 valence electrons. The molecule has 1 aliphatic carbocycles. The number of nitrogens with one attached hydrogen (secondary N) is 1. The highest BCUT2D eigenvalue weighted by atomic mass is 32.2. The summed E-state index contributed by atoms with van der Waals surface area (Å²) in [6.45, 7) is 0.375. The zero-order valence-electron chi connectivity index (χ0n) is 12.3. The number of benzene rings is 2. The highest BCUT2D eigenvalue weighted by Gasteiger charge is 2.46. The molecule has 0 radical (unpaired) electrons. The van der Waals surface area contributed by atoms with Crippen LogP contribution in [0, 0.1) is 5.82 Å². The molecule has 4 nitrogen and oxygen atoms in total. The molecule has 1 heterocycles. The predicted octanol–water partition coefficient (Wildman–Crippen LogP) is 2.60. The van der Waals surface area contributed by atoms with E-state index in [1.807, 2.05) is 6.07 Å². The predicted molar refractivity (Wildman–Crippen MR) is 85.5 cm³/mol. The van der Waals surface area contributed by atoms with E-state index in [1.165, 1.54) is 6.07 Å². The molecule has 0 spiro atoms. The number of amidine groups is 1. The number of nitrogens with zero attached hydrogens (tertiary/aromatic N) is 1. The Hall–Kier alpha value is -2.21. The first-order chi connectivity index (χ1) is 11.0. The van der Waals surface area contributed by atoms with E-state index in [1.54, 1.807) is 36.4 Å². The van der Waals surface area contributed by atoms with Crippen molar-refractivity contribution in [2.75, 3.05) is 6.54 Å². The highest BCUT2D eigenvalue weighted by Crippen LogP contribution is 2.49. The molecule has 0 amide bonds.